The van der Waals surface area contributed by atoms with E-state index in [4.69, 9.17) is 18.9 Å². The lowest BCUT2D eigenvalue weighted by atomic mass is 9.96. The fourth-order valence-corrected chi connectivity index (χ4v) is 5.59. The van der Waals surface area contributed by atoms with Gasteiger partial charge in [-0.1, -0.05) is 85.6 Å². The molecule has 0 fully saturated rings. The lowest BCUT2D eigenvalue weighted by Crippen LogP contribution is -2.10. The first kappa shape index (κ1) is 35.3. The maximum Gasteiger partial charge on any atom is 0.306 e. The maximum atomic E-state index is 12.2. The van der Waals surface area contributed by atoms with Gasteiger partial charge in [0, 0.05) is 12.8 Å². The van der Waals surface area contributed by atoms with Crippen LogP contribution in [0.4, 0.5) is 0 Å². The molecular formula is C41H48O6. The molecule has 6 heteroatoms. The van der Waals surface area contributed by atoms with E-state index in [2.05, 4.69) is 72.8 Å². The van der Waals surface area contributed by atoms with Crippen LogP contribution in [-0.2, 0) is 31.9 Å². The van der Waals surface area contributed by atoms with E-state index < -0.39 is 0 Å². The SMILES string of the molecule is CCOC(=O)CCCOc1cccc(CCCCCCOc2cc(-c3ccccc3)cc(-c3ccccc3)c2)c1CCC(=O)OCC. The molecule has 0 saturated carbocycles. The van der Waals surface area contributed by atoms with E-state index in [1.807, 2.05) is 31.2 Å². The molecule has 0 unspecified atom stereocenters. The number of hydrogen-bond acceptors (Lipinski definition) is 6. The van der Waals surface area contributed by atoms with Gasteiger partial charge in [-0.3, -0.25) is 9.59 Å². The Morgan fingerprint density at radius 3 is 1.77 bits per heavy atom. The van der Waals surface area contributed by atoms with Gasteiger partial charge in [-0.05, 0) is 104 Å². The lowest BCUT2D eigenvalue weighted by Gasteiger charge is -2.16. The van der Waals surface area contributed by atoms with Crippen LogP contribution in [0.2, 0.25) is 0 Å². The molecule has 0 spiro atoms. The molecule has 0 N–H and O–H groups in total. The quantitative estimate of drug-likeness (QED) is 0.0711. The third-order valence-electron chi connectivity index (χ3n) is 7.93. The summed E-state index contributed by atoms with van der Waals surface area (Å²) in [4.78, 5) is 23.9. The van der Waals surface area contributed by atoms with Gasteiger partial charge >= 0.3 is 11.9 Å². The second-order valence-corrected chi connectivity index (χ2v) is 11.4. The summed E-state index contributed by atoms with van der Waals surface area (Å²) in [5.41, 5.74) is 6.87. The fourth-order valence-electron chi connectivity index (χ4n) is 5.59. The maximum absolute atomic E-state index is 12.2. The zero-order valence-electron chi connectivity index (χ0n) is 27.9. The van der Waals surface area contributed by atoms with Gasteiger partial charge in [0.1, 0.15) is 11.5 Å². The zero-order valence-corrected chi connectivity index (χ0v) is 27.9. The van der Waals surface area contributed by atoms with E-state index in [0.717, 1.165) is 60.3 Å². The molecule has 0 aliphatic rings. The van der Waals surface area contributed by atoms with Crippen molar-refractivity contribution in [2.45, 2.75) is 71.6 Å². The van der Waals surface area contributed by atoms with Gasteiger partial charge < -0.3 is 18.9 Å². The molecular weight excluding hydrogens is 588 g/mol. The number of benzene rings is 4. The molecule has 47 heavy (non-hydrogen) atoms. The van der Waals surface area contributed by atoms with E-state index in [0.29, 0.717) is 52.1 Å². The van der Waals surface area contributed by atoms with Crippen LogP contribution in [-0.4, -0.2) is 38.4 Å². The molecule has 4 aromatic carbocycles. The third-order valence-corrected chi connectivity index (χ3v) is 7.93. The van der Waals surface area contributed by atoms with Gasteiger partial charge in [0.15, 0.2) is 0 Å². The van der Waals surface area contributed by atoms with Gasteiger partial charge in [0.25, 0.3) is 0 Å². The molecule has 0 atom stereocenters. The Balaban J connectivity index is 1.29. The predicted octanol–water partition coefficient (Wildman–Crippen LogP) is 9.42. The summed E-state index contributed by atoms with van der Waals surface area (Å²) in [5.74, 6) is 1.24. The van der Waals surface area contributed by atoms with Crippen LogP contribution in [0.1, 0.15) is 69.9 Å². The highest BCUT2D eigenvalue weighted by molar-refractivity contribution is 5.75. The molecule has 0 aliphatic carbocycles. The average molecular weight is 637 g/mol. The normalized spacial score (nSPS) is 10.8. The second-order valence-electron chi connectivity index (χ2n) is 11.4. The lowest BCUT2D eigenvalue weighted by molar-refractivity contribution is -0.144. The molecule has 0 bridgehead atoms. The Bertz CT molecular complexity index is 1460. The number of hydrogen-bond donors (Lipinski definition) is 0. The zero-order chi connectivity index (χ0) is 33.1. The van der Waals surface area contributed by atoms with Crippen molar-refractivity contribution in [3.05, 3.63) is 108 Å². The first-order valence-corrected chi connectivity index (χ1v) is 17.0. The number of carbonyl (C=O) groups excluding carboxylic acids is 2. The van der Waals surface area contributed by atoms with E-state index in [1.54, 1.807) is 6.92 Å². The van der Waals surface area contributed by atoms with Gasteiger partial charge in [0.05, 0.1) is 26.4 Å². The molecule has 4 aromatic rings. The van der Waals surface area contributed by atoms with Crippen LogP contribution in [0.3, 0.4) is 0 Å². The monoisotopic (exact) mass is 636 g/mol. The van der Waals surface area contributed by atoms with Crippen molar-refractivity contribution in [2.75, 3.05) is 26.4 Å². The smallest absolute Gasteiger partial charge is 0.306 e. The number of carbonyl (C=O) groups is 2. The minimum Gasteiger partial charge on any atom is -0.494 e. The molecule has 248 valence electrons. The summed E-state index contributed by atoms with van der Waals surface area (Å²) in [6.07, 6.45) is 6.79. The molecule has 0 radical (unpaired) electrons. The van der Waals surface area contributed by atoms with Crippen molar-refractivity contribution in [1.82, 2.24) is 0 Å². The van der Waals surface area contributed by atoms with Crippen LogP contribution in [0, 0.1) is 0 Å². The minimum atomic E-state index is -0.213. The Hall–Kier alpha value is -4.58. The van der Waals surface area contributed by atoms with Crippen molar-refractivity contribution in [3.63, 3.8) is 0 Å². The Morgan fingerprint density at radius 2 is 1.13 bits per heavy atom. The molecule has 0 heterocycles. The number of esters is 2. The summed E-state index contributed by atoms with van der Waals surface area (Å²) in [6, 6.07) is 33.4. The Labute approximate surface area is 280 Å². The van der Waals surface area contributed by atoms with Crippen LogP contribution in [0.15, 0.2) is 97.1 Å². The van der Waals surface area contributed by atoms with Crippen LogP contribution in [0.5, 0.6) is 11.5 Å². The summed E-state index contributed by atoms with van der Waals surface area (Å²) in [6.45, 7) is 5.44. The predicted molar refractivity (Wildman–Crippen MR) is 188 cm³/mol. The summed E-state index contributed by atoms with van der Waals surface area (Å²) < 4.78 is 22.6. The average Bonchev–Trinajstić information content (AvgIpc) is 3.10. The van der Waals surface area contributed by atoms with Crippen molar-refractivity contribution < 1.29 is 28.5 Å². The first-order chi connectivity index (χ1) is 23.1. The molecule has 4 rings (SSSR count). The molecule has 0 aliphatic heterocycles. The highest BCUT2D eigenvalue weighted by Gasteiger charge is 2.13. The van der Waals surface area contributed by atoms with E-state index in [1.165, 1.54) is 16.7 Å². The van der Waals surface area contributed by atoms with Gasteiger partial charge in [-0.25, -0.2) is 0 Å². The van der Waals surface area contributed by atoms with Gasteiger partial charge in [0.2, 0.25) is 0 Å². The van der Waals surface area contributed by atoms with Crippen molar-refractivity contribution in [2.24, 2.45) is 0 Å². The molecule has 6 nitrogen and oxygen atoms in total. The number of unbranched alkanes of at least 4 members (excludes halogenated alkanes) is 3. The summed E-state index contributed by atoms with van der Waals surface area (Å²) >= 11 is 0. The highest BCUT2D eigenvalue weighted by Crippen LogP contribution is 2.32. The molecule has 0 aromatic heterocycles. The van der Waals surface area contributed by atoms with Gasteiger partial charge in [-0.2, -0.15) is 0 Å². The highest BCUT2D eigenvalue weighted by atomic mass is 16.5. The number of rotatable bonds is 20. The topological polar surface area (TPSA) is 71.1 Å². The van der Waals surface area contributed by atoms with E-state index in [9.17, 15) is 9.59 Å². The van der Waals surface area contributed by atoms with E-state index >= 15 is 0 Å². The first-order valence-electron chi connectivity index (χ1n) is 17.0. The Morgan fingerprint density at radius 1 is 0.532 bits per heavy atom. The van der Waals surface area contributed by atoms with Crippen LogP contribution >= 0.6 is 0 Å². The van der Waals surface area contributed by atoms with Crippen LogP contribution in [0.25, 0.3) is 22.3 Å². The van der Waals surface area contributed by atoms with Crippen LogP contribution < -0.4 is 9.47 Å². The van der Waals surface area contributed by atoms with E-state index in [-0.39, 0.29) is 11.9 Å². The second kappa shape index (κ2) is 19.8. The number of ether oxygens (including phenoxy) is 4. The molecule has 0 amide bonds. The Kier molecular flexibility index (Phi) is 14.9. The van der Waals surface area contributed by atoms with Crippen molar-refractivity contribution in [3.8, 4) is 33.8 Å². The summed E-state index contributed by atoms with van der Waals surface area (Å²) in [5, 5.41) is 0. The largest absolute Gasteiger partial charge is 0.494 e. The third kappa shape index (κ3) is 11.9. The summed E-state index contributed by atoms with van der Waals surface area (Å²) in [7, 11) is 0. The standard InChI is InChI=1S/C41H48O6/c1-3-44-40(42)24-16-28-47-39-23-15-22-34(38(39)25-26-41(43)45-4-2)21-9-5-6-14-27-46-37-30-35(32-17-10-7-11-18-32)29-36(31-37)33-19-12-8-13-20-33/h7-8,10-13,15,17-20,22-23,29-31H,3-6,9,14,16,21,24-28H2,1-2H3. The number of aryl methyl sites for hydroxylation is 1. The van der Waals surface area contributed by atoms with Crippen molar-refractivity contribution >= 4 is 11.9 Å². The van der Waals surface area contributed by atoms with Gasteiger partial charge in [-0.15, -0.1) is 0 Å². The van der Waals surface area contributed by atoms with Crippen molar-refractivity contribution in [1.29, 1.82) is 0 Å². The minimum absolute atomic E-state index is 0.208. The fraction of sp³-hybridized carbons (Fsp3) is 0.366. The molecule has 0 saturated heterocycles.